The molecule has 1 rings (SSSR count). The van der Waals surface area contributed by atoms with Crippen LogP contribution in [0.4, 0.5) is 0 Å². The number of nitrogens with one attached hydrogen (secondary N) is 2. The standard InChI is InChI=1S/C15H24N2O3/c1-10(2)17-15(18)11(3)16-9-12-6-13(19-4)8-14(7-12)20-5/h6-8,10-11,16H,9H2,1-5H3,(H,17,18). The van der Waals surface area contributed by atoms with Gasteiger partial charge in [-0.15, -0.1) is 0 Å². The summed E-state index contributed by atoms with van der Waals surface area (Å²) in [5.74, 6) is 1.47. The van der Waals surface area contributed by atoms with Gasteiger partial charge < -0.3 is 20.1 Å². The Morgan fingerprint density at radius 2 is 1.65 bits per heavy atom. The summed E-state index contributed by atoms with van der Waals surface area (Å²) in [5.41, 5.74) is 1.00. The van der Waals surface area contributed by atoms with Crippen LogP contribution in [0.2, 0.25) is 0 Å². The fraction of sp³-hybridized carbons (Fsp3) is 0.533. The Morgan fingerprint density at radius 1 is 1.10 bits per heavy atom. The molecule has 0 fully saturated rings. The number of methoxy groups -OCH3 is 2. The Labute approximate surface area is 120 Å². The first kappa shape index (κ1) is 16.3. The molecule has 0 saturated carbocycles. The van der Waals surface area contributed by atoms with Crippen molar-refractivity contribution >= 4 is 5.91 Å². The number of benzene rings is 1. The third-order valence-corrected chi connectivity index (χ3v) is 2.85. The van der Waals surface area contributed by atoms with Crippen molar-refractivity contribution in [2.75, 3.05) is 14.2 Å². The molecule has 0 spiro atoms. The number of carbonyl (C=O) groups excluding carboxylic acids is 1. The maximum Gasteiger partial charge on any atom is 0.237 e. The molecule has 1 aromatic rings. The monoisotopic (exact) mass is 280 g/mol. The zero-order valence-corrected chi connectivity index (χ0v) is 12.8. The number of carbonyl (C=O) groups is 1. The van der Waals surface area contributed by atoms with Gasteiger partial charge >= 0.3 is 0 Å². The average molecular weight is 280 g/mol. The lowest BCUT2D eigenvalue weighted by Crippen LogP contribution is -2.44. The fourth-order valence-corrected chi connectivity index (χ4v) is 1.74. The summed E-state index contributed by atoms with van der Waals surface area (Å²) in [7, 11) is 3.23. The van der Waals surface area contributed by atoms with Crippen molar-refractivity contribution in [2.24, 2.45) is 0 Å². The van der Waals surface area contributed by atoms with Crippen LogP contribution in [0.15, 0.2) is 18.2 Å². The predicted octanol–water partition coefficient (Wildman–Crippen LogP) is 1.71. The molecule has 112 valence electrons. The number of hydrogen-bond acceptors (Lipinski definition) is 4. The summed E-state index contributed by atoms with van der Waals surface area (Å²) in [6.07, 6.45) is 0. The van der Waals surface area contributed by atoms with Crippen LogP contribution >= 0.6 is 0 Å². The van der Waals surface area contributed by atoms with Crippen molar-refractivity contribution in [1.29, 1.82) is 0 Å². The van der Waals surface area contributed by atoms with E-state index in [0.29, 0.717) is 6.54 Å². The van der Waals surface area contributed by atoms with E-state index in [-0.39, 0.29) is 18.0 Å². The zero-order valence-electron chi connectivity index (χ0n) is 12.8. The minimum absolute atomic E-state index is 0.00476. The minimum atomic E-state index is -0.255. The molecule has 1 aromatic carbocycles. The summed E-state index contributed by atoms with van der Waals surface area (Å²) >= 11 is 0. The number of amides is 1. The average Bonchev–Trinajstić information content (AvgIpc) is 2.43. The van der Waals surface area contributed by atoms with Gasteiger partial charge in [0.05, 0.1) is 20.3 Å². The van der Waals surface area contributed by atoms with Gasteiger partial charge in [-0.05, 0) is 38.5 Å². The van der Waals surface area contributed by atoms with Crippen LogP contribution in [0.25, 0.3) is 0 Å². The second kappa shape index (κ2) is 7.75. The fourth-order valence-electron chi connectivity index (χ4n) is 1.74. The van der Waals surface area contributed by atoms with E-state index >= 15 is 0 Å². The van der Waals surface area contributed by atoms with Gasteiger partial charge in [0, 0.05) is 18.7 Å². The normalized spacial score (nSPS) is 12.1. The minimum Gasteiger partial charge on any atom is -0.497 e. The van der Waals surface area contributed by atoms with Crippen molar-refractivity contribution in [3.05, 3.63) is 23.8 Å². The third-order valence-electron chi connectivity index (χ3n) is 2.85. The second-order valence-electron chi connectivity index (χ2n) is 4.99. The van der Waals surface area contributed by atoms with Crippen LogP contribution in [-0.4, -0.2) is 32.2 Å². The Bertz CT molecular complexity index is 424. The Balaban J connectivity index is 2.62. The molecule has 20 heavy (non-hydrogen) atoms. The molecular weight excluding hydrogens is 256 g/mol. The van der Waals surface area contributed by atoms with Crippen molar-refractivity contribution in [2.45, 2.75) is 39.4 Å². The SMILES string of the molecule is COc1cc(CNC(C)C(=O)NC(C)C)cc(OC)c1. The van der Waals surface area contributed by atoms with Crippen molar-refractivity contribution in [1.82, 2.24) is 10.6 Å². The van der Waals surface area contributed by atoms with Crippen molar-refractivity contribution in [3.8, 4) is 11.5 Å². The van der Waals surface area contributed by atoms with Gasteiger partial charge in [-0.1, -0.05) is 0 Å². The topological polar surface area (TPSA) is 59.6 Å². The van der Waals surface area contributed by atoms with Crippen LogP contribution in [0, 0.1) is 0 Å². The van der Waals surface area contributed by atoms with Crippen LogP contribution in [0.1, 0.15) is 26.3 Å². The molecule has 1 unspecified atom stereocenters. The van der Waals surface area contributed by atoms with E-state index in [4.69, 9.17) is 9.47 Å². The van der Waals surface area contributed by atoms with Crippen LogP contribution < -0.4 is 20.1 Å². The quantitative estimate of drug-likeness (QED) is 0.798. The molecule has 0 saturated heterocycles. The predicted molar refractivity (Wildman–Crippen MR) is 79.1 cm³/mol. The van der Waals surface area contributed by atoms with Gasteiger partial charge in [-0.3, -0.25) is 4.79 Å². The van der Waals surface area contributed by atoms with E-state index in [1.165, 1.54) is 0 Å². The highest BCUT2D eigenvalue weighted by molar-refractivity contribution is 5.81. The summed E-state index contributed by atoms with van der Waals surface area (Å²) in [5, 5.41) is 6.06. The molecule has 1 amide bonds. The summed E-state index contributed by atoms with van der Waals surface area (Å²) < 4.78 is 10.4. The molecule has 5 heteroatoms. The molecule has 0 heterocycles. The third kappa shape index (κ3) is 5.09. The zero-order chi connectivity index (χ0) is 15.1. The molecule has 2 N–H and O–H groups in total. The van der Waals surface area contributed by atoms with Gasteiger partial charge in [-0.25, -0.2) is 0 Å². The number of rotatable bonds is 7. The highest BCUT2D eigenvalue weighted by Crippen LogP contribution is 2.22. The van der Waals surface area contributed by atoms with Crippen molar-refractivity contribution < 1.29 is 14.3 Å². The van der Waals surface area contributed by atoms with Gasteiger partial charge in [0.2, 0.25) is 5.91 Å². The highest BCUT2D eigenvalue weighted by Gasteiger charge is 2.13. The largest absolute Gasteiger partial charge is 0.497 e. The van der Waals surface area contributed by atoms with E-state index in [9.17, 15) is 4.79 Å². The first-order chi connectivity index (χ1) is 9.46. The van der Waals surface area contributed by atoms with Crippen molar-refractivity contribution in [3.63, 3.8) is 0 Å². The van der Waals surface area contributed by atoms with Gasteiger partial charge in [0.15, 0.2) is 0 Å². The first-order valence-corrected chi connectivity index (χ1v) is 6.72. The lowest BCUT2D eigenvalue weighted by atomic mass is 10.2. The number of hydrogen-bond donors (Lipinski definition) is 2. The number of ether oxygens (including phenoxy) is 2. The van der Waals surface area contributed by atoms with Crippen LogP contribution in [-0.2, 0) is 11.3 Å². The lowest BCUT2D eigenvalue weighted by molar-refractivity contribution is -0.123. The Morgan fingerprint density at radius 3 is 2.10 bits per heavy atom. The molecular formula is C15H24N2O3. The smallest absolute Gasteiger partial charge is 0.237 e. The summed E-state index contributed by atoms with van der Waals surface area (Å²) in [6.45, 7) is 6.30. The molecule has 0 aliphatic carbocycles. The summed E-state index contributed by atoms with van der Waals surface area (Å²) in [6, 6.07) is 5.54. The van der Waals surface area contributed by atoms with E-state index < -0.39 is 0 Å². The Hall–Kier alpha value is -1.75. The second-order valence-corrected chi connectivity index (χ2v) is 4.99. The molecule has 0 aliphatic heterocycles. The van der Waals surface area contributed by atoms with Crippen LogP contribution in [0.5, 0.6) is 11.5 Å². The molecule has 5 nitrogen and oxygen atoms in total. The van der Waals surface area contributed by atoms with E-state index in [0.717, 1.165) is 17.1 Å². The maximum atomic E-state index is 11.8. The first-order valence-electron chi connectivity index (χ1n) is 6.72. The molecule has 0 bridgehead atoms. The molecule has 0 aromatic heterocycles. The summed E-state index contributed by atoms with van der Waals surface area (Å²) in [4.78, 5) is 11.8. The maximum absolute atomic E-state index is 11.8. The van der Waals surface area contributed by atoms with Gasteiger partial charge in [-0.2, -0.15) is 0 Å². The van der Waals surface area contributed by atoms with Gasteiger partial charge in [0.1, 0.15) is 11.5 Å². The van der Waals surface area contributed by atoms with Gasteiger partial charge in [0.25, 0.3) is 0 Å². The lowest BCUT2D eigenvalue weighted by Gasteiger charge is -2.16. The highest BCUT2D eigenvalue weighted by atomic mass is 16.5. The molecule has 0 radical (unpaired) electrons. The van der Waals surface area contributed by atoms with E-state index in [1.54, 1.807) is 14.2 Å². The van der Waals surface area contributed by atoms with E-state index in [2.05, 4.69) is 10.6 Å². The molecule has 0 aliphatic rings. The van der Waals surface area contributed by atoms with E-state index in [1.807, 2.05) is 39.0 Å². The Kier molecular flexibility index (Phi) is 6.31. The molecule has 1 atom stereocenters. The van der Waals surface area contributed by atoms with Crippen LogP contribution in [0.3, 0.4) is 0 Å².